The van der Waals surface area contributed by atoms with Gasteiger partial charge in [0.25, 0.3) is 0 Å². The van der Waals surface area contributed by atoms with Crippen LogP contribution in [0.4, 0.5) is 0 Å². The molecule has 26 heavy (non-hydrogen) atoms. The van der Waals surface area contributed by atoms with Crippen molar-refractivity contribution in [3.63, 3.8) is 0 Å². The second-order valence-corrected chi connectivity index (χ2v) is 8.87. The number of hydrogen-bond donors (Lipinski definition) is 1. The van der Waals surface area contributed by atoms with Crippen LogP contribution in [-0.2, 0) is 21.1 Å². The number of nitrogens with zero attached hydrogens (tertiary/aromatic N) is 1. The first-order valence-corrected chi connectivity index (χ1v) is 9.72. The summed E-state index contributed by atoms with van der Waals surface area (Å²) in [5, 5.41) is 10.0. The van der Waals surface area contributed by atoms with Crippen LogP contribution in [-0.4, -0.2) is 36.3 Å². The highest BCUT2D eigenvalue weighted by molar-refractivity contribution is 7.93. The SMILES string of the molecule is COc1ccc(S(=O)(=O)C(Cc2cccnc2)(CC(C)C)C(=O)O)cc1. The van der Waals surface area contributed by atoms with Crippen molar-refractivity contribution in [3.05, 3.63) is 54.4 Å². The van der Waals surface area contributed by atoms with E-state index in [2.05, 4.69) is 4.98 Å². The summed E-state index contributed by atoms with van der Waals surface area (Å²) in [6.07, 6.45) is 2.90. The number of sulfone groups is 1. The van der Waals surface area contributed by atoms with Gasteiger partial charge < -0.3 is 9.84 Å². The van der Waals surface area contributed by atoms with Gasteiger partial charge in [0, 0.05) is 18.8 Å². The van der Waals surface area contributed by atoms with Crippen LogP contribution in [0.2, 0.25) is 0 Å². The average Bonchev–Trinajstić information content (AvgIpc) is 2.61. The summed E-state index contributed by atoms with van der Waals surface area (Å²) < 4.78 is 29.9. The molecule has 140 valence electrons. The standard InChI is InChI=1S/C19H23NO5S/c1-14(2)11-19(18(21)22,12-15-5-4-10-20-13-15)26(23,24)17-8-6-16(25-3)7-9-17/h4-10,13-14H,11-12H2,1-3H3,(H,21,22). The number of ether oxygens (including phenoxy) is 1. The highest BCUT2D eigenvalue weighted by Crippen LogP contribution is 2.36. The molecule has 2 aromatic rings. The highest BCUT2D eigenvalue weighted by atomic mass is 32.2. The second-order valence-electron chi connectivity index (χ2n) is 6.61. The Morgan fingerprint density at radius 2 is 1.88 bits per heavy atom. The zero-order chi connectivity index (χ0) is 19.4. The summed E-state index contributed by atoms with van der Waals surface area (Å²) >= 11 is 0. The van der Waals surface area contributed by atoms with E-state index in [1.165, 1.54) is 37.6 Å². The summed E-state index contributed by atoms with van der Waals surface area (Å²) in [6.45, 7) is 3.62. The van der Waals surface area contributed by atoms with Gasteiger partial charge in [-0.25, -0.2) is 8.42 Å². The lowest BCUT2D eigenvalue weighted by molar-refractivity contribution is -0.140. The van der Waals surface area contributed by atoms with Gasteiger partial charge in [0.15, 0.2) is 14.6 Å². The van der Waals surface area contributed by atoms with E-state index < -0.39 is 20.6 Å². The van der Waals surface area contributed by atoms with Crippen LogP contribution in [0.3, 0.4) is 0 Å². The molecule has 0 fully saturated rings. The summed E-state index contributed by atoms with van der Waals surface area (Å²) in [7, 11) is -2.68. The van der Waals surface area contributed by atoms with E-state index in [1.54, 1.807) is 18.3 Å². The van der Waals surface area contributed by atoms with Crippen molar-refractivity contribution in [2.75, 3.05) is 7.11 Å². The van der Waals surface area contributed by atoms with Gasteiger partial charge in [-0.1, -0.05) is 19.9 Å². The van der Waals surface area contributed by atoms with Crippen molar-refractivity contribution in [1.82, 2.24) is 4.98 Å². The normalized spacial score (nSPS) is 14.0. The van der Waals surface area contributed by atoms with E-state index in [-0.39, 0.29) is 23.7 Å². The first-order chi connectivity index (χ1) is 12.2. The Kier molecular flexibility index (Phi) is 6.02. The van der Waals surface area contributed by atoms with Crippen LogP contribution < -0.4 is 4.74 Å². The Bertz CT molecular complexity index is 847. The summed E-state index contributed by atoms with van der Waals surface area (Å²) in [5.41, 5.74) is 0.563. The molecule has 0 aliphatic rings. The Hall–Kier alpha value is -2.41. The van der Waals surface area contributed by atoms with Gasteiger partial charge in [0.2, 0.25) is 0 Å². The molecule has 7 heteroatoms. The molecule has 6 nitrogen and oxygen atoms in total. The lowest BCUT2D eigenvalue weighted by Crippen LogP contribution is -2.49. The largest absolute Gasteiger partial charge is 0.497 e. The molecule has 1 unspecified atom stereocenters. The fourth-order valence-electron chi connectivity index (χ4n) is 3.03. The molecule has 2 rings (SSSR count). The number of aromatic nitrogens is 1. The molecule has 1 aromatic carbocycles. The number of hydrogen-bond acceptors (Lipinski definition) is 5. The molecule has 1 atom stereocenters. The molecule has 0 amide bonds. The Morgan fingerprint density at radius 1 is 1.23 bits per heavy atom. The van der Waals surface area contributed by atoms with E-state index in [1.807, 2.05) is 13.8 Å². The molecular formula is C19H23NO5S. The number of benzene rings is 1. The van der Waals surface area contributed by atoms with E-state index in [4.69, 9.17) is 4.74 Å². The van der Waals surface area contributed by atoms with E-state index in [0.717, 1.165) is 0 Å². The third-order valence-corrected chi connectivity index (χ3v) is 6.63. The van der Waals surface area contributed by atoms with Crippen LogP contribution in [0.1, 0.15) is 25.8 Å². The molecule has 0 saturated heterocycles. The molecule has 0 radical (unpaired) electrons. The number of methoxy groups -OCH3 is 1. The topological polar surface area (TPSA) is 93.6 Å². The van der Waals surface area contributed by atoms with Crippen LogP contribution in [0.15, 0.2) is 53.7 Å². The van der Waals surface area contributed by atoms with Crippen LogP contribution in [0.5, 0.6) is 5.75 Å². The molecule has 1 N–H and O–H groups in total. The predicted molar refractivity (Wildman–Crippen MR) is 97.9 cm³/mol. The maximum Gasteiger partial charge on any atom is 0.325 e. The molecule has 0 spiro atoms. The van der Waals surface area contributed by atoms with Crippen molar-refractivity contribution < 1.29 is 23.1 Å². The minimum atomic E-state index is -4.16. The minimum Gasteiger partial charge on any atom is -0.497 e. The van der Waals surface area contributed by atoms with Crippen molar-refractivity contribution >= 4 is 15.8 Å². The Morgan fingerprint density at radius 3 is 2.35 bits per heavy atom. The van der Waals surface area contributed by atoms with Crippen LogP contribution in [0.25, 0.3) is 0 Å². The third kappa shape index (κ3) is 3.88. The maximum absolute atomic E-state index is 13.4. The molecule has 0 aliphatic carbocycles. The van der Waals surface area contributed by atoms with Crippen molar-refractivity contribution in [1.29, 1.82) is 0 Å². The van der Waals surface area contributed by atoms with Crippen molar-refractivity contribution in [2.45, 2.75) is 36.3 Å². The average molecular weight is 377 g/mol. The number of carbonyl (C=O) groups is 1. The van der Waals surface area contributed by atoms with Gasteiger partial charge >= 0.3 is 5.97 Å². The smallest absolute Gasteiger partial charge is 0.325 e. The third-order valence-electron chi connectivity index (χ3n) is 4.22. The summed E-state index contributed by atoms with van der Waals surface area (Å²) in [6, 6.07) is 9.15. The number of carboxylic acids is 1. The summed E-state index contributed by atoms with van der Waals surface area (Å²) in [5.74, 6) is -0.984. The molecular weight excluding hydrogens is 354 g/mol. The number of aliphatic carboxylic acids is 1. The maximum atomic E-state index is 13.4. The van der Waals surface area contributed by atoms with Gasteiger partial charge in [0.1, 0.15) is 5.75 Å². The van der Waals surface area contributed by atoms with Crippen LogP contribution >= 0.6 is 0 Å². The quantitative estimate of drug-likeness (QED) is 0.760. The van der Waals surface area contributed by atoms with Crippen molar-refractivity contribution in [2.24, 2.45) is 5.92 Å². The fourth-order valence-corrected chi connectivity index (χ4v) is 5.11. The summed E-state index contributed by atoms with van der Waals surface area (Å²) in [4.78, 5) is 16.2. The number of pyridine rings is 1. The van der Waals surface area contributed by atoms with E-state index in [9.17, 15) is 18.3 Å². The fraction of sp³-hybridized carbons (Fsp3) is 0.368. The molecule has 0 bridgehead atoms. The first-order valence-electron chi connectivity index (χ1n) is 8.24. The minimum absolute atomic E-state index is 0.00834. The van der Waals surface area contributed by atoms with E-state index in [0.29, 0.717) is 11.3 Å². The van der Waals surface area contributed by atoms with Gasteiger partial charge in [0.05, 0.1) is 12.0 Å². The van der Waals surface area contributed by atoms with Gasteiger partial charge in [-0.05, 0) is 48.2 Å². The molecule has 1 aromatic heterocycles. The zero-order valence-corrected chi connectivity index (χ0v) is 15.9. The van der Waals surface area contributed by atoms with Gasteiger partial charge in [-0.3, -0.25) is 9.78 Å². The zero-order valence-electron chi connectivity index (χ0n) is 15.0. The monoisotopic (exact) mass is 377 g/mol. The molecule has 1 heterocycles. The lowest BCUT2D eigenvalue weighted by Gasteiger charge is -2.31. The van der Waals surface area contributed by atoms with Gasteiger partial charge in [-0.15, -0.1) is 0 Å². The number of carboxylic acid groups (broad SMARTS) is 1. The predicted octanol–water partition coefficient (Wildman–Crippen LogP) is 2.98. The van der Waals surface area contributed by atoms with Crippen LogP contribution in [0, 0.1) is 5.92 Å². The lowest BCUT2D eigenvalue weighted by atomic mass is 9.90. The Balaban J connectivity index is 2.61. The number of rotatable bonds is 8. The van der Waals surface area contributed by atoms with Gasteiger partial charge in [-0.2, -0.15) is 0 Å². The highest BCUT2D eigenvalue weighted by Gasteiger charge is 2.52. The molecule has 0 saturated carbocycles. The van der Waals surface area contributed by atoms with Crippen molar-refractivity contribution in [3.8, 4) is 5.75 Å². The first kappa shape index (κ1) is 19.9. The van der Waals surface area contributed by atoms with E-state index >= 15 is 0 Å². The second kappa shape index (κ2) is 7.86. The molecule has 0 aliphatic heterocycles. The Labute approximate surface area is 153 Å².